The smallest absolute Gasteiger partial charge is 0.224 e. The summed E-state index contributed by atoms with van der Waals surface area (Å²) in [6, 6.07) is 0. The van der Waals surface area contributed by atoms with Crippen molar-refractivity contribution in [3.8, 4) is 0 Å². The zero-order valence-corrected chi connectivity index (χ0v) is 10.8. The summed E-state index contributed by atoms with van der Waals surface area (Å²) in [6.07, 6.45) is 10.5. The van der Waals surface area contributed by atoms with Gasteiger partial charge in [0.25, 0.3) is 0 Å². The van der Waals surface area contributed by atoms with Gasteiger partial charge in [-0.05, 0) is 31.7 Å². The van der Waals surface area contributed by atoms with Gasteiger partial charge >= 0.3 is 0 Å². The minimum Gasteiger partial charge on any atom is -0.356 e. The van der Waals surface area contributed by atoms with E-state index in [1.54, 1.807) is 0 Å². The van der Waals surface area contributed by atoms with E-state index in [-0.39, 0.29) is 11.8 Å². The van der Waals surface area contributed by atoms with Gasteiger partial charge in [0.1, 0.15) is 0 Å². The molecule has 2 aliphatic rings. The minimum atomic E-state index is 0.226. The lowest BCUT2D eigenvalue weighted by atomic mass is 9.91. The van der Waals surface area contributed by atoms with Crippen molar-refractivity contribution in [3.05, 3.63) is 0 Å². The number of carbonyl (C=O) groups excluding carboxylic acids is 1. The molecule has 17 heavy (non-hydrogen) atoms. The van der Waals surface area contributed by atoms with Crippen LogP contribution >= 0.6 is 0 Å². The van der Waals surface area contributed by atoms with Crippen LogP contribution < -0.4 is 10.6 Å². The Morgan fingerprint density at radius 3 is 2.41 bits per heavy atom. The average molecular weight is 238 g/mol. The molecule has 0 aromatic carbocycles. The highest BCUT2D eigenvalue weighted by Gasteiger charge is 2.22. The maximum atomic E-state index is 11.9. The summed E-state index contributed by atoms with van der Waals surface area (Å²) in [5.74, 6) is 1.23. The van der Waals surface area contributed by atoms with Crippen LogP contribution in [-0.4, -0.2) is 25.5 Å². The molecule has 0 radical (unpaired) electrons. The maximum Gasteiger partial charge on any atom is 0.224 e. The van der Waals surface area contributed by atoms with Crippen LogP contribution in [0.25, 0.3) is 0 Å². The van der Waals surface area contributed by atoms with Crippen LogP contribution in [-0.2, 0) is 4.79 Å². The van der Waals surface area contributed by atoms with E-state index in [0.717, 1.165) is 32.0 Å². The number of amides is 1. The lowest BCUT2D eigenvalue weighted by molar-refractivity contribution is -0.124. The monoisotopic (exact) mass is 238 g/mol. The minimum absolute atomic E-state index is 0.226. The van der Waals surface area contributed by atoms with Crippen molar-refractivity contribution in [2.24, 2.45) is 11.8 Å². The quantitative estimate of drug-likeness (QED) is 0.790. The van der Waals surface area contributed by atoms with Crippen LogP contribution in [0.1, 0.15) is 51.4 Å². The Labute approximate surface area is 105 Å². The third-order valence-corrected chi connectivity index (χ3v) is 4.22. The molecule has 1 unspecified atom stereocenters. The molecule has 1 aliphatic carbocycles. The SMILES string of the molecule is O=C(NCC1CCCCCCC1)C1CCNC1. The molecule has 1 atom stereocenters. The topological polar surface area (TPSA) is 41.1 Å². The van der Waals surface area contributed by atoms with Gasteiger partial charge in [0.2, 0.25) is 5.91 Å². The van der Waals surface area contributed by atoms with Crippen LogP contribution in [0.5, 0.6) is 0 Å². The first-order valence-electron chi connectivity index (χ1n) is 7.34. The third-order valence-electron chi connectivity index (χ3n) is 4.22. The molecule has 1 heterocycles. The molecule has 0 bridgehead atoms. The largest absolute Gasteiger partial charge is 0.356 e. The van der Waals surface area contributed by atoms with E-state index in [1.165, 1.54) is 44.9 Å². The first-order valence-corrected chi connectivity index (χ1v) is 7.34. The van der Waals surface area contributed by atoms with E-state index >= 15 is 0 Å². The summed E-state index contributed by atoms with van der Waals surface area (Å²) >= 11 is 0. The number of hydrogen-bond donors (Lipinski definition) is 2. The van der Waals surface area contributed by atoms with Crippen LogP contribution in [0.3, 0.4) is 0 Å². The summed E-state index contributed by atoms with van der Waals surface area (Å²) in [6.45, 7) is 2.79. The second-order valence-corrected chi connectivity index (χ2v) is 5.65. The summed E-state index contributed by atoms with van der Waals surface area (Å²) in [4.78, 5) is 11.9. The van der Waals surface area contributed by atoms with Gasteiger partial charge in [-0.15, -0.1) is 0 Å². The summed E-state index contributed by atoms with van der Waals surface area (Å²) in [5, 5.41) is 6.41. The summed E-state index contributed by atoms with van der Waals surface area (Å²) in [5.41, 5.74) is 0. The molecule has 3 nitrogen and oxygen atoms in total. The molecular formula is C14H26N2O. The predicted molar refractivity (Wildman–Crippen MR) is 69.8 cm³/mol. The molecule has 2 N–H and O–H groups in total. The molecule has 0 aromatic heterocycles. The molecular weight excluding hydrogens is 212 g/mol. The number of nitrogens with one attached hydrogen (secondary N) is 2. The van der Waals surface area contributed by atoms with Gasteiger partial charge in [0.05, 0.1) is 5.92 Å². The summed E-state index contributed by atoms with van der Waals surface area (Å²) in [7, 11) is 0. The molecule has 1 saturated heterocycles. The molecule has 0 aromatic rings. The highest BCUT2D eigenvalue weighted by molar-refractivity contribution is 5.79. The molecule has 98 valence electrons. The van der Waals surface area contributed by atoms with Gasteiger partial charge in [0, 0.05) is 13.1 Å². The Hall–Kier alpha value is -0.570. The fraction of sp³-hybridized carbons (Fsp3) is 0.929. The van der Waals surface area contributed by atoms with Crippen molar-refractivity contribution >= 4 is 5.91 Å². The average Bonchev–Trinajstić information content (AvgIpc) is 2.80. The van der Waals surface area contributed by atoms with E-state index in [4.69, 9.17) is 0 Å². The molecule has 3 heteroatoms. The highest BCUT2D eigenvalue weighted by Crippen LogP contribution is 2.21. The van der Waals surface area contributed by atoms with Gasteiger partial charge in [-0.3, -0.25) is 4.79 Å². The molecule has 1 saturated carbocycles. The normalized spacial score (nSPS) is 27.4. The highest BCUT2D eigenvalue weighted by atomic mass is 16.1. The lowest BCUT2D eigenvalue weighted by Crippen LogP contribution is -2.35. The van der Waals surface area contributed by atoms with E-state index in [9.17, 15) is 4.79 Å². The van der Waals surface area contributed by atoms with Crippen LogP contribution in [0, 0.1) is 11.8 Å². The Bertz CT molecular complexity index is 228. The van der Waals surface area contributed by atoms with Crippen molar-refractivity contribution in [1.29, 1.82) is 0 Å². The van der Waals surface area contributed by atoms with Crippen LogP contribution in [0.15, 0.2) is 0 Å². The predicted octanol–water partition coefficient (Wildman–Crippen LogP) is 2.07. The second-order valence-electron chi connectivity index (χ2n) is 5.65. The zero-order chi connectivity index (χ0) is 11.9. The van der Waals surface area contributed by atoms with Gasteiger partial charge in [-0.1, -0.05) is 32.1 Å². The lowest BCUT2D eigenvalue weighted by Gasteiger charge is -2.20. The molecule has 2 fully saturated rings. The molecule has 0 spiro atoms. The Morgan fingerprint density at radius 2 is 1.76 bits per heavy atom. The molecule has 1 aliphatic heterocycles. The first kappa shape index (κ1) is 12.9. The molecule has 1 amide bonds. The van der Waals surface area contributed by atoms with Gasteiger partial charge in [0.15, 0.2) is 0 Å². The van der Waals surface area contributed by atoms with E-state index in [2.05, 4.69) is 10.6 Å². The van der Waals surface area contributed by atoms with E-state index in [0.29, 0.717) is 0 Å². The third kappa shape index (κ3) is 4.30. The van der Waals surface area contributed by atoms with Crippen LogP contribution in [0.4, 0.5) is 0 Å². The first-order chi connectivity index (χ1) is 8.36. The number of hydrogen-bond acceptors (Lipinski definition) is 2. The van der Waals surface area contributed by atoms with E-state index < -0.39 is 0 Å². The maximum absolute atomic E-state index is 11.9. The van der Waals surface area contributed by atoms with Gasteiger partial charge < -0.3 is 10.6 Å². The Morgan fingerprint density at radius 1 is 1.06 bits per heavy atom. The fourth-order valence-corrected chi connectivity index (χ4v) is 3.01. The Balaban J connectivity index is 1.66. The number of rotatable bonds is 3. The zero-order valence-electron chi connectivity index (χ0n) is 10.8. The van der Waals surface area contributed by atoms with Crippen molar-refractivity contribution in [3.63, 3.8) is 0 Å². The van der Waals surface area contributed by atoms with Crippen LogP contribution in [0.2, 0.25) is 0 Å². The van der Waals surface area contributed by atoms with Crippen molar-refractivity contribution in [1.82, 2.24) is 10.6 Å². The van der Waals surface area contributed by atoms with Crippen molar-refractivity contribution < 1.29 is 4.79 Å². The fourth-order valence-electron chi connectivity index (χ4n) is 3.01. The van der Waals surface area contributed by atoms with Gasteiger partial charge in [-0.25, -0.2) is 0 Å². The van der Waals surface area contributed by atoms with Crippen molar-refractivity contribution in [2.45, 2.75) is 51.4 Å². The standard InChI is InChI=1S/C14H26N2O/c17-14(13-8-9-15-11-13)16-10-12-6-4-2-1-3-5-7-12/h12-13,15H,1-11H2,(H,16,17). The number of carbonyl (C=O) groups is 1. The Kier molecular flexibility index (Phi) is 5.30. The van der Waals surface area contributed by atoms with Crippen molar-refractivity contribution in [2.75, 3.05) is 19.6 Å². The van der Waals surface area contributed by atoms with E-state index in [1.807, 2.05) is 0 Å². The summed E-state index contributed by atoms with van der Waals surface area (Å²) < 4.78 is 0. The molecule has 2 rings (SSSR count). The second kappa shape index (κ2) is 7.00. The van der Waals surface area contributed by atoms with Gasteiger partial charge in [-0.2, -0.15) is 0 Å².